The third-order valence-corrected chi connectivity index (χ3v) is 4.04. The number of nitrogens with zero attached hydrogens (tertiary/aromatic N) is 2. The number of aryl methyl sites for hydroxylation is 2. The molecular formula is C19H34ClN4O+. The molecule has 0 heterocycles. The largest absolute Gasteiger partial charge is 0.384 e. The van der Waals surface area contributed by atoms with Crippen molar-refractivity contribution in [2.75, 3.05) is 32.0 Å². The molecule has 0 fully saturated rings. The van der Waals surface area contributed by atoms with Gasteiger partial charge in [0.15, 0.2) is 0 Å². The Morgan fingerprint density at radius 3 is 2.20 bits per heavy atom. The van der Waals surface area contributed by atoms with Crippen LogP contribution in [0.3, 0.4) is 0 Å². The van der Waals surface area contributed by atoms with Crippen LogP contribution in [-0.4, -0.2) is 48.1 Å². The Bertz CT molecular complexity index is 567. The lowest BCUT2D eigenvalue weighted by Crippen LogP contribution is -2.50. The summed E-state index contributed by atoms with van der Waals surface area (Å²) in [6.45, 7) is 13.1. The Hall–Kier alpha value is -1.75. The summed E-state index contributed by atoms with van der Waals surface area (Å²) in [6, 6.07) is 5.82. The number of amides is 2. The molecule has 2 amide bonds. The minimum atomic E-state index is -0.195. The first-order valence-electron chi connectivity index (χ1n) is 8.91. The van der Waals surface area contributed by atoms with E-state index in [2.05, 4.69) is 40.9 Å². The highest BCUT2D eigenvalue weighted by atomic mass is 35.5. The number of rotatable bonds is 6. The molecule has 1 aromatic rings. The lowest BCUT2D eigenvalue weighted by atomic mass is 10.1. The SMILES string of the molecule is CCCN(CC)C(NC(=O)Nc1c(C)cccc1C)=[N+](C)CCC.Cl. The van der Waals surface area contributed by atoms with E-state index in [4.69, 9.17) is 0 Å². The van der Waals surface area contributed by atoms with E-state index in [0.717, 1.165) is 55.2 Å². The number of carbonyl (C=O) groups is 1. The van der Waals surface area contributed by atoms with E-state index in [0.29, 0.717) is 0 Å². The van der Waals surface area contributed by atoms with E-state index < -0.39 is 0 Å². The van der Waals surface area contributed by atoms with Crippen LogP contribution in [-0.2, 0) is 0 Å². The average molecular weight is 370 g/mol. The third kappa shape index (κ3) is 6.94. The van der Waals surface area contributed by atoms with Crippen molar-refractivity contribution in [2.45, 2.75) is 47.5 Å². The van der Waals surface area contributed by atoms with Gasteiger partial charge in [0.2, 0.25) is 0 Å². The molecular weight excluding hydrogens is 336 g/mol. The van der Waals surface area contributed by atoms with Gasteiger partial charge in [-0.2, -0.15) is 5.32 Å². The van der Waals surface area contributed by atoms with Gasteiger partial charge in [0.05, 0.1) is 26.7 Å². The zero-order valence-electron chi connectivity index (χ0n) is 16.5. The summed E-state index contributed by atoms with van der Waals surface area (Å²) in [7, 11) is 2.02. The molecule has 5 nitrogen and oxygen atoms in total. The Morgan fingerprint density at radius 2 is 1.72 bits per heavy atom. The minimum Gasteiger partial charge on any atom is -0.294 e. The number of hydrogen-bond donors (Lipinski definition) is 2. The fraction of sp³-hybridized carbons (Fsp3) is 0.579. The van der Waals surface area contributed by atoms with Crippen LogP contribution in [0.1, 0.15) is 44.7 Å². The fourth-order valence-corrected chi connectivity index (χ4v) is 2.80. The van der Waals surface area contributed by atoms with Gasteiger partial charge in [-0.1, -0.05) is 32.0 Å². The predicted octanol–water partition coefficient (Wildman–Crippen LogP) is 3.99. The van der Waals surface area contributed by atoms with Crippen molar-refractivity contribution in [1.82, 2.24) is 10.2 Å². The predicted molar refractivity (Wildman–Crippen MR) is 109 cm³/mol. The zero-order chi connectivity index (χ0) is 18.1. The summed E-state index contributed by atoms with van der Waals surface area (Å²) >= 11 is 0. The first kappa shape index (κ1) is 23.2. The van der Waals surface area contributed by atoms with Gasteiger partial charge in [-0.3, -0.25) is 14.8 Å². The van der Waals surface area contributed by atoms with Crippen molar-refractivity contribution >= 4 is 30.1 Å². The first-order chi connectivity index (χ1) is 11.4. The second-order valence-corrected chi connectivity index (χ2v) is 6.17. The van der Waals surface area contributed by atoms with Crippen molar-refractivity contribution in [2.24, 2.45) is 0 Å². The van der Waals surface area contributed by atoms with E-state index in [1.807, 2.05) is 39.1 Å². The van der Waals surface area contributed by atoms with Gasteiger partial charge >= 0.3 is 12.0 Å². The Labute approximate surface area is 158 Å². The molecule has 0 aliphatic heterocycles. The van der Waals surface area contributed by atoms with Crippen molar-refractivity contribution < 1.29 is 9.37 Å². The Balaban J connectivity index is 0.00000576. The highest BCUT2D eigenvalue weighted by molar-refractivity contribution is 6.01. The maximum absolute atomic E-state index is 12.6. The average Bonchev–Trinajstić information content (AvgIpc) is 2.54. The molecule has 0 spiro atoms. The number of para-hydroxylation sites is 1. The number of anilines is 1. The molecule has 2 N–H and O–H groups in total. The highest BCUT2D eigenvalue weighted by Gasteiger charge is 2.22. The standard InChI is InChI=1S/C19H32N4O.ClH/c1-7-13-22(6)19(23(9-3)14-8-2)21-18(24)20-17-15(4)11-10-12-16(17)5;/h10-12H,7-9,13-14H2,1-6H3,(H,20,24);1H/p+1. The van der Waals surface area contributed by atoms with Gasteiger partial charge in [0.25, 0.3) is 0 Å². The van der Waals surface area contributed by atoms with Crippen LogP contribution < -0.4 is 10.6 Å². The van der Waals surface area contributed by atoms with Crippen molar-refractivity contribution in [3.8, 4) is 0 Å². The normalized spacial score (nSPS) is 11.3. The lowest BCUT2D eigenvalue weighted by Gasteiger charge is -2.21. The summed E-state index contributed by atoms with van der Waals surface area (Å²) < 4.78 is 2.11. The van der Waals surface area contributed by atoms with Gasteiger partial charge in [-0.15, -0.1) is 12.4 Å². The molecule has 142 valence electrons. The summed E-state index contributed by atoms with van der Waals surface area (Å²) in [5.74, 6) is 0.866. The molecule has 0 aromatic heterocycles. The second-order valence-electron chi connectivity index (χ2n) is 6.17. The van der Waals surface area contributed by atoms with Crippen LogP contribution in [0.25, 0.3) is 0 Å². The first-order valence-corrected chi connectivity index (χ1v) is 8.91. The zero-order valence-corrected chi connectivity index (χ0v) is 17.3. The summed E-state index contributed by atoms with van der Waals surface area (Å²) in [5, 5.41) is 6.06. The number of benzene rings is 1. The smallest absolute Gasteiger partial charge is 0.294 e. The van der Waals surface area contributed by atoms with E-state index >= 15 is 0 Å². The van der Waals surface area contributed by atoms with Crippen molar-refractivity contribution in [1.29, 1.82) is 0 Å². The van der Waals surface area contributed by atoms with Gasteiger partial charge in [-0.05, 0) is 44.7 Å². The summed E-state index contributed by atoms with van der Waals surface area (Å²) in [5.41, 5.74) is 3.01. The number of hydrogen-bond acceptors (Lipinski definition) is 1. The molecule has 0 radical (unpaired) electrons. The van der Waals surface area contributed by atoms with Gasteiger partial charge in [0.1, 0.15) is 0 Å². The van der Waals surface area contributed by atoms with Crippen LogP contribution >= 0.6 is 12.4 Å². The monoisotopic (exact) mass is 369 g/mol. The molecule has 0 atom stereocenters. The molecule has 25 heavy (non-hydrogen) atoms. The number of halogens is 1. The summed E-state index contributed by atoms with van der Waals surface area (Å²) in [6.07, 6.45) is 2.07. The van der Waals surface area contributed by atoms with E-state index in [1.165, 1.54) is 0 Å². The minimum absolute atomic E-state index is 0. The molecule has 0 bridgehead atoms. The molecule has 1 rings (SSSR count). The van der Waals surface area contributed by atoms with Crippen LogP contribution in [0.2, 0.25) is 0 Å². The second kappa shape index (κ2) is 11.7. The number of nitrogens with one attached hydrogen (secondary N) is 2. The van der Waals surface area contributed by atoms with Crippen LogP contribution in [0.15, 0.2) is 18.2 Å². The lowest BCUT2D eigenvalue weighted by molar-refractivity contribution is -0.504. The maximum atomic E-state index is 12.6. The molecule has 1 aromatic carbocycles. The number of carbonyl (C=O) groups excluding carboxylic acids is 1. The molecule has 6 heteroatoms. The van der Waals surface area contributed by atoms with E-state index in [1.54, 1.807) is 0 Å². The Morgan fingerprint density at radius 1 is 1.12 bits per heavy atom. The van der Waals surface area contributed by atoms with Crippen LogP contribution in [0, 0.1) is 13.8 Å². The fourth-order valence-electron chi connectivity index (χ4n) is 2.80. The van der Waals surface area contributed by atoms with E-state index in [9.17, 15) is 4.79 Å². The molecule has 0 saturated carbocycles. The molecule has 0 aliphatic rings. The van der Waals surface area contributed by atoms with Crippen LogP contribution in [0.5, 0.6) is 0 Å². The molecule has 0 aliphatic carbocycles. The Kier molecular flexibility index (Phi) is 10.9. The highest BCUT2D eigenvalue weighted by Crippen LogP contribution is 2.19. The molecule has 0 unspecified atom stereocenters. The van der Waals surface area contributed by atoms with Crippen molar-refractivity contribution in [3.05, 3.63) is 29.3 Å². The van der Waals surface area contributed by atoms with Crippen molar-refractivity contribution in [3.63, 3.8) is 0 Å². The van der Waals surface area contributed by atoms with Gasteiger partial charge in [-0.25, -0.2) is 4.79 Å². The number of urea groups is 1. The molecule has 0 saturated heterocycles. The number of guanidine groups is 1. The maximum Gasteiger partial charge on any atom is 0.384 e. The third-order valence-electron chi connectivity index (χ3n) is 4.04. The van der Waals surface area contributed by atoms with Crippen LogP contribution in [0.4, 0.5) is 10.5 Å². The van der Waals surface area contributed by atoms with Gasteiger partial charge < -0.3 is 0 Å². The van der Waals surface area contributed by atoms with E-state index in [-0.39, 0.29) is 18.4 Å². The topological polar surface area (TPSA) is 47.4 Å². The van der Waals surface area contributed by atoms with Gasteiger partial charge in [0, 0.05) is 5.69 Å². The quantitative estimate of drug-likeness (QED) is 0.452. The summed E-state index contributed by atoms with van der Waals surface area (Å²) in [4.78, 5) is 14.8.